The number of carbonyl (C=O) groups excluding carboxylic acids is 1. The molecule has 1 aromatic rings. The lowest BCUT2D eigenvalue weighted by atomic mass is 9.48. The second kappa shape index (κ2) is 8.88. The summed E-state index contributed by atoms with van der Waals surface area (Å²) in [5.41, 5.74) is 2.48. The molecular formula is C29H40N2O3S. The van der Waals surface area contributed by atoms with Gasteiger partial charge in [-0.2, -0.15) is 4.31 Å². The molecule has 4 saturated carbocycles. The minimum absolute atomic E-state index is 0.107. The Morgan fingerprint density at radius 1 is 1.09 bits per heavy atom. The molecule has 5 aliphatic rings. The first-order valence-electron chi connectivity index (χ1n) is 13.2. The molecule has 190 valence electrons. The van der Waals surface area contributed by atoms with E-state index in [9.17, 15) is 13.2 Å². The van der Waals surface area contributed by atoms with Crippen molar-refractivity contribution in [2.45, 2.75) is 83.1 Å². The lowest BCUT2D eigenvalue weighted by molar-refractivity contribution is -0.122. The van der Waals surface area contributed by atoms with E-state index < -0.39 is 14.8 Å². The summed E-state index contributed by atoms with van der Waals surface area (Å²) in [6.45, 7) is 6.06. The zero-order valence-electron chi connectivity index (χ0n) is 21.6. The van der Waals surface area contributed by atoms with Gasteiger partial charge in [0.05, 0.1) is 0 Å². The van der Waals surface area contributed by atoms with Gasteiger partial charge in [-0.15, -0.1) is 0 Å². The van der Waals surface area contributed by atoms with Crippen LogP contribution in [0.5, 0.6) is 0 Å². The molecule has 0 saturated heterocycles. The van der Waals surface area contributed by atoms with E-state index in [4.69, 9.17) is 0 Å². The number of hydrogen-bond donors (Lipinski definition) is 1. The molecule has 0 heterocycles. The Morgan fingerprint density at radius 2 is 1.66 bits per heavy atom. The van der Waals surface area contributed by atoms with E-state index >= 15 is 0 Å². The Morgan fingerprint density at radius 3 is 2.23 bits per heavy atom. The van der Waals surface area contributed by atoms with Crippen molar-refractivity contribution in [2.75, 3.05) is 7.05 Å². The highest BCUT2D eigenvalue weighted by molar-refractivity contribution is 7.90. The lowest BCUT2D eigenvalue weighted by Crippen LogP contribution is -2.56. The lowest BCUT2D eigenvalue weighted by Gasteiger charge is -2.59. The van der Waals surface area contributed by atoms with E-state index in [0.717, 1.165) is 28.9 Å². The first kappa shape index (κ1) is 24.8. The van der Waals surface area contributed by atoms with Gasteiger partial charge in [0.1, 0.15) is 4.75 Å². The van der Waals surface area contributed by atoms with E-state index in [1.165, 1.54) is 42.8 Å². The van der Waals surface area contributed by atoms with Gasteiger partial charge in [-0.25, -0.2) is 8.42 Å². The SMILES string of the molecule is CC1=CCC(C(=O)NC(C)C23CC4CC(CC(C4)C2)C3)=CC1(C)S(=O)(=O)N(C)Cc1ccccc1. The van der Waals surface area contributed by atoms with E-state index in [2.05, 4.69) is 12.2 Å². The maximum absolute atomic E-state index is 13.8. The molecule has 1 aromatic carbocycles. The third-order valence-corrected chi connectivity index (χ3v) is 12.2. The van der Waals surface area contributed by atoms with Gasteiger partial charge in [0.25, 0.3) is 0 Å². The Bertz CT molecular complexity index is 1120. The Hall–Kier alpha value is -1.92. The first-order chi connectivity index (χ1) is 16.5. The minimum Gasteiger partial charge on any atom is -0.349 e. The van der Waals surface area contributed by atoms with E-state index in [1.54, 1.807) is 20.0 Å². The highest BCUT2D eigenvalue weighted by Gasteiger charge is 2.53. The molecule has 6 rings (SSSR count). The van der Waals surface area contributed by atoms with Gasteiger partial charge in [0, 0.05) is 25.2 Å². The van der Waals surface area contributed by atoms with Crippen molar-refractivity contribution < 1.29 is 13.2 Å². The van der Waals surface area contributed by atoms with Crippen LogP contribution in [0.4, 0.5) is 0 Å². The van der Waals surface area contributed by atoms with Gasteiger partial charge >= 0.3 is 0 Å². The quantitative estimate of drug-likeness (QED) is 0.528. The first-order valence-corrected chi connectivity index (χ1v) is 14.7. The molecule has 4 fully saturated rings. The predicted octanol–water partition coefficient (Wildman–Crippen LogP) is 5.20. The zero-order chi connectivity index (χ0) is 25.0. The van der Waals surface area contributed by atoms with Gasteiger partial charge < -0.3 is 5.32 Å². The third-order valence-electron chi connectivity index (χ3n) is 9.70. The molecule has 35 heavy (non-hydrogen) atoms. The fourth-order valence-corrected chi connectivity index (χ4v) is 9.55. The standard InChI is InChI=1S/C29H40N2O3S/c1-20-10-11-26(18-28(20,3)35(33,34)31(4)19-22-8-6-5-7-9-22)27(32)30-21(2)29-15-23-12-24(16-29)14-25(13-23)17-29/h5-10,18,21,23-25H,11-17,19H2,1-4H3,(H,30,32). The van der Waals surface area contributed by atoms with E-state index in [-0.39, 0.29) is 17.4 Å². The van der Waals surface area contributed by atoms with Crippen LogP contribution in [0.25, 0.3) is 0 Å². The number of rotatable bonds is 7. The molecule has 0 aliphatic heterocycles. The molecule has 2 atom stereocenters. The number of sulfonamides is 1. The van der Waals surface area contributed by atoms with Gasteiger partial charge in [-0.1, -0.05) is 42.0 Å². The fourth-order valence-electron chi connectivity index (χ4n) is 7.81. The van der Waals surface area contributed by atoms with Crippen LogP contribution in [0.3, 0.4) is 0 Å². The molecule has 0 spiro atoms. The number of benzene rings is 1. The maximum atomic E-state index is 13.8. The number of amides is 1. The number of nitrogens with one attached hydrogen (secondary N) is 1. The normalized spacial score (nSPS) is 34.9. The molecule has 1 N–H and O–H groups in total. The van der Waals surface area contributed by atoms with Crippen molar-refractivity contribution in [3.05, 3.63) is 59.2 Å². The van der Waals surface area contributed by atoms with Crippen LogP contribution in [0.1, 0.15) is 71.3 Å². The van der Waals surface area contributed by atoms with Gasteiger partial charge in [0.2, 0.25) is 15.9 Å². The molecule has 6 heteroatoms. The van der Waals surface area contributed by atoms with Crippen molar-refractivity contribution in [1.82, 2.24) is 9.62 Å². The van der Waals surface area contributed by atoms with Crippen molar-refractivity contribution in [2.24, 2.45) is 23.2 Å². The molecule has 0 aromatic heterocycles. The molecule has 2 unspecified atom stereocenters. The molecule has 5 nitrogen and oxygen atoms in total. The topological polar surface area (TPSA) is 66.5 Å². The predicted molar refractivity (Wildman–Crippen MR) is 140 cm³/mol. The summed E-state index contributed by atoms with van der Waals surface area (Å²) >= 11 is 0. The molecule has 5 aliphatic carbocycles. The Balaban J connectivity index is 1.34. The summed E-state index contributed by atoms with van der Waals surface area (Å²) in [6.07, 6.45) is 11.9. The fraction of sp³-hybridized carbons (Fsp3) is 0.621. The Labute approximate surface area is 211 Å². The van der Waals surface area contributed by atoms with Crippen LogP contribution in [0.15, 0.2) is 53.6 Å². The smallest absolute Gasteiger partial charge is 0.247 e. The molecular weight excluding hydrogens is 456 g/mol. The molecule has 0 radical (unpaired) electrons. The summed E-state index contributed by atoms with van der Waals surface area (Å²) in [5.74, 6) is 2.38. The van der Waals surface area contributed by atoms with Crippen molar-refractivity contribution >= 4 is 15.9 Å². The summed E-state index contributed by atoms with van der Waals surface area (Å²) in [4.78, 5) is 13.5. The van der Waals surface area contributed by atoms with Crippen LogP contribution >= 0.6 is 0 Å². The number of nitrogens with zero attached hydrogens (tertiary/aromatic N) is 1. The van der Waals surface area contributed by atoms with E-state index in [1.807, 2.05) is 43.3 Å². The summed E-state index contributed by atoms with van der Waals surface area (Å²) in [6, 6.07) is 9.72. The van der Waals surface area contributed by atoms with Crippen LogP contribution in [0.2, 0.25) is 0 Å². The van der Waals surface area contributed by atoms with E-state index in [0.29, 0.717) is 18.5 Å². The summed E-state index contributed by atoms with van der Waals surface area (Å²) in [7, 11) is -2.11. The van der Waals surface area contributed by atoms with Crippen molar-refractivity contribution in [3.8, 4) is 0 Å². The molecule has 1 amide bonds. The van der Waals surface area contributed by atoms with Gasteiger partial charge in [0.15, 0.2) is 0 Å². The second-order valence-corrected chi connectivity index (χ2v) is 14.5. The third kappa shape index (κ3) is 4.31. The van der Waals surface area contributed by atoms with Crippen molar-refractivity contribution in [1.29, 1.82) is 0 Å². The number of allylic oxidation sites excluding steroid dienone is 1. The van der Waals surface area contributed by atoms with Crippen LogP contribution in [-0.4, -0.2) is 36.5 Å². The van der Waals surface area contributed by atoms with Gasteiger partial charge in [-0.3, -0.25) is 4.79 Å². The summed E-state index contributed by atoms with van der Waals surface area (Å²) < 4.78 is 27.7. The average Bonchev–Trinajstić information content (AvgIpc) is 2.80. The van der Waals surface area contributed by atoms with Crippen LogP contribution in [0, 0.1) is 23.2 Å². The highest BCUT2D eigenvalue weighted by atomic mass is 32.2. The highest BCUT2D eigenvalue weighted by Crippen LogP contribution is 2.61. The molecule has 4 bridgehead atoms. The maximum Gasteiger partial charge on any atom is 0.247 e. The zero-order valence-corrected chi connectivity index (χ0v) is 22.4. The van der Waals surface area contributed by atoms with Crippen LogP contribution < -0.4 is 5.32 Å². The number of hydrogen-bond acceptors (Lipinski definition) is 3. The summed E-state index contributed by atoms with van der Waals surface area (Å²) in [5, 5.41) is 3.33. The average molecular weight is 497 g/mol. The minimum atomic E-state index is -3.73. The van der Waals surface area contributed by atoms with Crippen molar-refractivity contribution in [3.63, 3.8) is 0 Å². The van der Waals surface area contributed by atoms with Gasteiger partial charge in [-0.05, 0) is 101 Å². The van der Waals surface area contributed by atoms with Crippen LogP contribution in [-0.2, 0) is 21.4 Å². The number of carbonyl (C=O) groups is 1. The second-order valence-electron chi connectivity index (χ2n) is 12.1. The largest absolute Gasteiger partial charge is 0.349 e. The Kier molecular flexibility index (Phi) is 6.28. The monoisotopic (exact) mass is 496 g/mol.